The fourth-order valence-corrected chi connectivity index (χ4v) is 3.43. The summed E-state index contributed by atoms with van der Waals surface area (Å²) in [5.74, 6) is 1.28. The van der Waals surface area contributed by atoms with Crippen molar-refractivity contribution in [3.63, 3.8) is 0 Å². The van der Waals surface area contributed by atoms with Crippen LogP contribution in [0.5, 0.6) is 0 Å². The van der Waals surface area contributed by atoms with E-state index in [1.165, 1.54) is 10.4 Å². The SMILES string of the molecule is Cc1ccc(C(=O)CSc2ccc(C(C)C)cc2)s1. The first-order chi connectivity index (χ1) is 9.06. The molecular weight excluding hydrogens is 272 g/mol. The molecule has 3 heteroatoms. The van der Waals surface area contributed by atoms with Crippen LogP contribution in [0.1, 0.15) is 39.9 Å². The van der Waals surface area contributed by atoms with Gasteiger partial charge in [0.25, 0.3) is 0 Å². The average molecular weight is 290 g/mol. The molecule has 0 unspecified atom stereocenters. The Morgan fingerprint density at radius 2 is 1.84 bits per heavy atom. The van der Waals surface area contributed by atoms with Gasteiger partial charge in [0, 0.05) is 9.77 Å². The molecule has 0 spiro atoms. The van der Waals surface area contributed by atoms with Gasteiger partial charge in [-0.1, -0.05) is 26.0 Å². The summed E-state index contributed by atoms with van der Waals surface area (Å²) in [6.07, 6.45) is 0. The number of thioether (sulfide) groups is 1. The standard InChI is InChI=1S/C16H18OS2/c1-11(2)13-5-7-14(8-6-13)18-10-15(17)16-9-4-12(3)19-16/h4-9,11H,10H2,1-3H3. The molecule has 0 amide bonds. The third-order valence-electron chi connectivity index (χ3n) is 2.93. The van der Waals surface area contributed by atoms with Gasteiger partial charge >= 0.3 is 0 Å². The third kappa shape index (κ3) is 3.95. The number of rotatable bonds is 5. The Labute approximate surface area is 123 Å². The molecule has 0 saturated heterocycles. The second-order valence-corrected chi connectivity index (χ2v) is 7.18. The topological polar surface area (TPSA) is 17.1 Å². The smallest absolute Gasteiger partial charge is 0.182 e. The van der Waals surface area contributed by atoms with Crippen molar-refractivity contribution in [1.82, 2.24) is 0 Å². The van der Waals surface area contributed by atoms with Crippen LogP contribution in [0.4, 0.5) is 0 Å². The largest absolute Gasteiger partial charge is 0.292 e. The van der Waals surface area contributed by atoms with E-state index in [1.54, 1.807) is 23.1 Å². The van der Waals surface area contributed by atoms with Crippen molar-refractivity contribution in [3.05, 3.63) is 51.7 Å². The number of aryl methyl sites for hydroxylation is 1. The number of ketones is 1. The summed E-state index contributed by atoms with van der Waals surface area (Å²) in [7, 11) is 0. The van der Waals surface area contributed by atoms with Crippen LogP contribution in [0.3, 0.4) is 0 Å². The monoisotopic (exact) mass is 290 g/mol. The molecule has 100 valence electrons. The van der Waals surface area contributed by atoms with Gasteiger partial charge in [-0.2, -0.15) is 0 Å². The second kappa shape index (κ2) is 6.40. The van der Waals surface area contributed by atoms with Crippen LogP contribution < -0.4 is 0 Å². The first-order valence-electron chi connectivity index (χ1n) is 6.38. The van der Waals surface area contributed by atoms with Crippen molar-refractivity contribution in [3.8, 4) is 0 Å². The van der Waals surface area contributed by atoms with E-state index in [0.717, 1.165) is 9.77 Å². The van der Waals surface area contributed by atoms with E-state index in [0.29, 0.717) is 11.7 Å². The predicted octanol–water partition coefficient (Wildman–Crippen LogP) is 5.15. The second-order valence-electron chi connectivity index (χ2n) is 4.85. The van der Waals surface area contributed by atoms with Gasteiger partial charge in [0.15, 0.2) is 5.78 Å². The van der Waals surface area contributed by atoms with Crippen LogP contribution in [0.2, 0.25) is 0 Å². The Hall–Kier alpha value is -1.06. The van der Waals surface area contributed by atoms with Gasteiger partial charge in [-0.3, -0.25) is 4.79 Å². The van der Waals surface area contributed by atoms with Crippen molar-refractivity contribution in [2.75, 3.05) is 5.75 Å². The Balaban J connectivity index is 1.93. The van der Waals surface area contributed by atoms with Crippen LogP contribution in [-0.4, -0.2) is 11.5 Å². The maximum atomic E-state index is 12.0. The molecule has 1 nitrogen and oxygen atoms in total. The molecule has 0 aliphatic carbocycles. The van der Waals surface area contributed by atoms with Crippen LogP contribution in [-0.2, 0) is 0 Å². The summed E-state index contributed by atoms with van der Waals surface area (Å²) in [6, 6.07) is 12.4. The van der Waals surface area contributed by atoms with Crippen molar-refractivity contribution < 1.29 is 4.79 Å². The van der Waals surface area contributed by atoms with E-state index in [4.69, 9.17) is 0 Å². The lowest BCUT2D eigenvalue weighted by molar-refractivity contribution is 0.102. The molecule has 2 rings (SSSR count). The molecule has 1 aromatic heterocycles. The number of carbonyl (C=O) groups excluding carboxylic acids is 1. The summed E-state index contributed by atoms with van der Waals surface area (Å²) in [4.78, 5) is 15.2. The van der Waals surface area contributed by atoms with Gasteiger partial charge in [0.05, 0.1) is 10.6 Å². The zero-order chi connectivity index (χ0) is 13.8. The number of Topliss-reactive ketones (excluding diaryl/α,β-unsaturated/α-hetero) is 1. The maximum Gasteiger partial charge on any atom is 0.182 e. The minimum Gasteiger partial charge on any atom is -0.292 e. The van der Waals surface area contributed by atoms with Crippen molar-refractivity contribution in [2.24, 2.45) is 0 Å². The van der Waals surface area contributed by atoms with E-state index in [-0.39, 0.29) is 5.78 Å². The normalized spacial score (nSPS) is 10.9. The van der Waals surface area contributed by atoms with Crippen LogP contribution in [0.25, 0.3) is 0 Å². The quantitative estimate of drug-likeness (QED) is 0.559. The molecule has 1 aromatic carbocycles. The fraction of sp³-hybridized carbons (Fsp3) is 0.312. The summed E-state index contributed by atoms with van der Waals surface area (Å²) in [5.41, 5.74) is 1.34. The predicted molar refractivity (Wildman–Crippen MR) is 84.6 cm³/mol. The highest BCUT2D eigenvalue weighted by atomic mass is 32.2. The highest BCUT2D eigenvalue weighted by molar-refractivity contribution is 8.00. The van der Waals surface area contributed by atoms with Gasteiger partial charge in [-0.25, -0.2) is 0 Å². The number of hydrogen-bond acceptors (Lipinski definition) is 3. The van der Waals surface area contributed by atoms with E-state index < -0.39 is 0 Å². The number of thiophene rings is 1. The molecule has 2 aromatic rings. The zero-order valence-electron chi connectivity index (χ0n) is 11.5. The van der Waals surface area contributed by atoms with Crippen molar-refractivity contribution >= 4 is 28.9 Å². The molecule has 0 aliphatic rings. The van der Waals surface area contributed by atoms with E-state index in [1.807, 2.05) is 19.1 Å². The first kappa shape index (κ1) is 14.4. The summed E-state index contributed by atoms with van der Waals surface area (Å²) < 4.78 is 0. The minimum atomic E-state index is 0.219. The van der Waals surface area contributed by atoms with Gasteiger partial charge in [0.1, 0.15) is 0 Å². The molecule has 0 bridgehead atoms. The lowest BCUT2D eigenvalue weighted by Crippen LogP contribution is -1.99. The fourth-order valence-electron chi connectivity index (χ4n) is 1.75. The molecule has 19 heavy (non-hydrogen) atoms. The highest BCUT2D eigenvalue weighted by Gasteiger charge is 2.09. The molecule has 0 fully saturated rings. The lowest BCUT2D eigenvalue weighted by Gasteiger charge is -2.06. The average Bonchev–Trinajstić information content (AvgIpc) is 2.83. The van der Waals surface area contributed by atoms with E-state index >= 15 is 0 Å². The number of benzene rings is 1. The summed E-state index contributed by atoms with van der Waals surface area (Å²) >= 11 is 3.18. The third-order valence-corrected chi connectivity index (χ3v) is 4.99. The van der Waals surface area contributed by atoms with Crippen LogP contribution in [0.15, 0.2) is 41.3 Å². The Kier molecular flexibility index (Phi) is 4.83. The van der Waals surface area contributed by atoms with E-state index in [2.05, 4.69) is 38.1 Å². The van der Waals surface area contributed by atoms with Gasteiger partial charge in [0.2, 0.25) is 0 Å². The first-order valence-corrected chi connectivity index (χ1v) is 8.19. The van der Waals surface area contributed by atoms with Crippen molar-refractivity contribution in [1.29, 1.82) is 0 Å². The molecule has 0 aliphatic heterocycles. The molecule has 0 N–H and O–H groups in total. The zero-order valence-corrected chi connectivity index (χ0v) is 13.1. The number of hydrogen-bond donors (Lipinski definition) is 0. The van der Waals surface area contributed by atoms with Gasteiger partial charge < -0.3 is 0 Å². The molecule has 0 radical (unpaired) electrons. The maximum absolute atomic E-state index is 12.0. The lowest BCUT2D eigenvalue weighted by atomic mass is 10.0. The molecule has 1 heterocycles. The Morgan fingerprint density at radius 1 is 1.16 bits per heavy atom. The van der Waals surface area contributed by atoms with Crippen molar-refractivity contribution in [2.45, 2.75) is 31.6 Å². The van der Waals surface area contributed by atoms with E-state index in [9.17, 15) is 4.79 Å². The molecule has 0 atom stereocenters. The minimum absolute atomic E-state index is 0.219. The Morgan fingerprint density at radius 3 is 2.37 bits per heavy atom. The molecule has 0 saturated carbocycles. The van der Waals surface area contributed by atoms with Crippen LogP contribution >= 0.6 is 23.1 Å². The van der Waals surface area contributed by atoms with Crippen LogP contribution in [0, 0.1) is 6.92 Å². The molecular formula is C16H18OS2. The number of carbonyl (C=O) groups is 1. The summed E-state index contributed by atoms with van der Waals surface area (Å²) in [5, 5.41) is 0. The highest BCUT2D eigenvalue weighted by Crippen LogP contribution is 2.24. The summed E-state index contributed by atoms with van der Waals surface area (Å²) in [6.45, 7) is 6.40. The van der Waals surface area contributed by atoms with Gasteiger partial charge in [-0.05, 0) is 42.7 Å². The Bertz CT molecular complexity index is 552. The van der Waals surface area contributed by atoms with Gasteiger partial charge in [-0.15, -0.1) is 23.1 Å².